The van der Waals surface area contributed by atoms with Gasteiger partial charge in [0.15, 0.2) is 5.82 Å². The number of nitrogens with two attached hydrogens (primary N) is 1. The largest absolute Gasteiger partial charge is 0.353 e. The fraction of sp³-hybridized carbons (Fsp3) is 0.714. The minimum atomic E-state index is 0.461. The van der Waals surface area contributed by atoms with Gasteiger partial charge in [-0.25, -0.2) is 0 Å². The van der Waals surface area contributed by atoms with Crippen LogP contribution in [0.1, 0.15) is 31.4 Å². The van der Waals surface area contributed by atoms with E-state index in [9.17, 15) is 0 Å². The second-order valence-corrected chi connectivity index (χ2v) is 5.55. The highest BCUT2D eigenvalue weighted by molar-refractivity contribution is 5.37. The number of aromatic nitrogens is 2. The van der Waals surface area contributed by atoms with Crippen LogP contribution in [0, 0.1) is 0 Å². The topological polar surface area (TPSA) is 58.3 Å². The Balaban J connectivity index is 1.56. The molecule has 1 aliphatic heterocycles. The highest BCUT2D eigenvalue weighted by atomic mass is 15.3. The van der Waals surface area contributed by atoms with Crippen molar-refractivity contribution < 1.29 is 0 Å². The molecule has 0 amide bonds. The number of rotatable bonds is 3. The lowest BCUT2D eigenvalue weighted by atomic mass is 10.2. The molecule has 0 spiro atoms. The van der Waals surface area contributed by atoms with Crippen LogP contribution in [-0.4, -0.2) is 47.3 Å². The Morgan fingerprint density at radius 2 is 1.79 bits per heavy atom. The molecule has 0 bridgehead atoms. The number of hydrogen-bond donors (Lipinski definition) is 1. The smallest absolute Gasteiger partial charge is 0.151 e. The van der Waals surface area contributed by atoms with Crippen LogP contribution in [0.15, 0.2) is 12.1 Å². The molecule has 1 saturated carbocycles. The summed E-state index contributed by atoms with van der Waals surface area (Å²) in [5.74, 6) is 0.989. The van der Waals surface area contributed by atoms with Gasteiger partial charge < -0.3 is 10.6 Å². The van der Waals surface area contributed by atoms with Crippen LogP contribution >= 0.6 is 0 Å². The van der Waals surface area contributed by atoms with Crippen LogP contribution in [0.2, 0.25) is 0 Å². The van der Waals surface area contributed by atoms with Gasteiger partial charge in [0, 0.05) is 38.8 Å². The normalized spacial score (nSPS) is 22.1. The lowest BCUT2D eigenvalue weighted by Gasteiger charge is -2.38. The molecule has 2 heterocycles. The van der Waals surface area contributed by atoms with E-state index >= 15 is 0 Å². The van der Waals surface area contributed by atoms with Crippen LogP contribution in [0.25, 0.3) is 0 Å². The second-order valence-electron chi connectivity index (χ2n) is 5.55. The fourth-order valence-corrected chi connectivity index (χ4v) is 3.22. The van der Waals surface area contributed by atoms with Crippen molar-refractivity contribution in [2.75, 3.05) is 31.1 Å². The third-order valence-corrected chi connectivity index (χ3v) is 4.39. The van der Waals surface area contributed by atoms with Crippen molar-refractivity contribution in [1.82, 2.24) is 15.1 Å². The first-order valence-electron chi connectivity index (χ1n) is 7.38. The molecule has 5 heteroatoms. The summed E-state index contributed by atoms with van der Waals surface area (Å²) >= 11 is 0. The SMILES string of the molecule is NCc1ccc(N2CCN(C3CCCC3)CC2)nn1. The van der Waals surface area contributed by atoms with Gasteiger partial charge >= 0.3 is 0 Å². The maximum Gasteiger partial charge on any atom is 0.151 e. The predicted octanol–water partition coefficient (Wildman–Crippen LogP) is 1.000. The standard InChI is InChI=1S/C14H23N5/c15-11-12-5-6-14(17-16-12)19-9-7-18(8-10-19)13-3-1-2-4-13/h5-6,13H,1-4,7-11,15H2. The fourth-order valence-electron chi connectivity index (χ4n) is 3.22. The molecule has 2 aliphatic rings. The van der Waals surface area contributed by atoms with Gasteiger partial charge in [0.2, 0.25) is 0 Å². The van der Waals surface area contributed by atoms with Gasteiger partial charge in [0.1, 0.15) is 0 Å². The Kier molecular flexibility index (Phi) is 3.94. The van der Waals surface area contributed by atoms with E-state index in [0.29, 0.717) is 6.54 Å². The molecule has 1 aliphatic carbocycles. The zero-order chi connectivity index (χ0) is 13.1. The summed E-state index contributed by atoms with van der Waals surface area (Å²) in [6, 6.07) is 4.86. The molecule has 2 N–H and O–H groups in total. The Hall–Kier alpha value is -1.20. The molecule has 0 unspecified atom stereocenters. The second kappa shape index (κ2) is 5.84. The van der Waals surface area contributed by atoms with E-state index in [1.807, 2.05) is 12.1 Å². The molecule has 0 atom stereocenters. The summed E-state index contributed by atoms with van der Waals surface area (Å²) in [7, 11) is 0. The first-order chi connectivity index (χ1) is 9.36. The average molecular weight is 261 g/mol. The summed E-state index contributed by atoms with van der Waals surface area (Å²) in [5.41, 5.74) is 6.40. The maximum atomic E-state index is 5.54. The van der Waals surface area contributed by atoms with Gasteiger partial charge in [0.25, 0.3) is 0 Å². The Bertz CT molecular complexity index is 391. The molecule has 1 aromatic heterocycles. The summed E-state index contributed by atoms with van der Waals surface area (Å²) in [6.45, 7) is 4.90. The average Bonchev–Trinajstić information content (AvgIpc) is 3.02. The van der Waals surface area contributed by atoms with Gasteiger partial charge in [-0.05, 0) is 25.0 Å². The highest BCUT2D eigenvalue weighted by Crippen LogP contribution is 2.25. The Morgan fingerprint density at radius 1 is 1.05 bits per heavy atom. The molecule has 104 valence electrons. The first kappa shape index (κ1) is 12.8. The van der Waals surface area contributed by atoms with Crippen LogP contribution in [0.4, 0.5) is 5.82 Å². The van der Waals surface area contributed by atoms with E-state index < -0.39 is 0 Å². The minimum Gasteiger partial charge on any atom is -0.353 e. The Morgan fingerprint density at radius 3 is 2.37 bits per heavy atom. The van der Waals surface area contributed by atoms with Crippen molar-refractivity contribution >= 4 is 5.82 Å². The molecular weight excluding hydrogens is 238 g/mol. The monoisotopic (exact) mass is 261 g/mol. The first-order valence-corrected chi connectivity index (χ1v) is 7.38. The van der Waals surface area contributed by atoms with Crippen LogP contribution < -0.4 is 10.6 Å². The van der Waals surface area contributed by atoms with E-state index in [0.717, 1.165) is 43.7 Å². The van der Waals surface area contributed by atoms with Crippen molar-refractivity contribution in [3.63, 3.8) is 0 Å². The summed E-state index contributed by atoms with van der Waals surface area (Å²) in [6.07, 6.45) is 5.61. The number of piperazine rings is 1. The van der Waals surface area contributed by atoms with Crippen molar-refractivity contribution in [2.45, 2.75) is 38.3 Å². The van der Waals surface area contributed by atoms with Gasteiger partial charge in [-0.1, -0.05) is 12.8 Å². The molecular formula is C14H23N5. The van der Waals surface area contributed by atoms with Crippen LogP contribution in [-0.2, 0) is 6.54 Å². The third-order valence-electron chi connectivity index (χ3n) is 4.39. The van der Waals surface area contributed by atoms with Crippen LogP contribution in [0.5, 0.6) is 0 Å². The van der Waals surface area contributed by atoms with Gasteiger partial charge in [-0.2, -0.15) is 5.10 Å². The minimum absolute atomic E-state index is 0.461. The molecule has 1 saturated heterocycles. The predicted molar refractivity (Wildman–Crippen MR) is 76.0 cm³/mol. The van der Waals surface area contributed by atoms with E-state index in [4.69, 9.17) is 5.73 Å². The van der Waals surface area contributed by atoms with E-state index in [1.165, 1.54) is 25.7 Å². The lowest BCUT2D eigenvalue weighted by molar-refractivity contribution is 0.187. The summed E-state index contributed by atoms with van der Waals surface area (Å²) in [4.78, 5) is 4.99. The number of nitrogens with zero attached hydrogens (tertiary/aromatic N) is 4. The lowest BCUT2D eigenvalue weighted by Crippen LogP contribution is -2.50. The van der Waals surface area contributed by atoms with Crippen molar-refractivity contribution in [2.24, 2.45) is 5.73 Å². The van der Waals surface area contributed by atoms with Crippen molar-refractivity contribution in [3.05, 3.63) is 17.8 Å². The third kappa shape index (κ3) is 2.87. The van der Waals surface area contributed by atoms with Crippen molar-refractivity contribution in [3.8, 4) is 0 Å². The molecule has 5 nitrogen and oxygen atoms in total. The van der Waals surface area contributed by atoms with Gasteiger partial charge in [-0.3, -0.25) is 4.90 Å². The Labute approximate surface area is 114 Å². The highest BCUT2D eigenvalue weighted by Gasteiger charge is 2.26. The summed E-state index contributed by atoms with van der Waals surface area (Å²) < 4.78 is 0. The molecule has 0 aromatic carbocycles. The molecule has 2 fully saturated rings. The summed E-state index contributed by atoms with van der Waals surface area (Å²) in [5, 5.41) is 8.41. The molecule has 0 radical (unpaired) electrons. The zero-order valence-electron chi connectivity index (χ0n) is 11.5. The van der Waals surface area contributed by atoms with E-state index in [1.54, 1.807) is 0 Å². The quantitative estimate of drug-likeness (QED) is 0.879. The zero-order valence-corrected chi connectivity index (χ0v) is 11.5. The van der Waals surface area contributed by atoms with Gasteiger partial charge in [-0.15, -0.1) is 5.10 Å². The van der Waals surface area contributed by atoms with Gasteiger partial charge in [0.05, 0.1) is 5.69 Å². The van der Waals surface area contributed by atoms with E-state index in [-0.39, 0.29) is 0 Å². The van der Waals surface area contributed by atoms with Crippen LogP contribution in [0.3, 0.4) is 0 Å². The molecule has 19 heavy (non-hydrogen) atoms. The van der Waals surface area contributed by atoms with Crippen molar-refractivity contribution in [1.29, 1.82) is 0 Å². The maximum absolute atomic E-state index is 5.54. The number of hydrogen-bond acceptors (Lipinski definition) is 5. The molecule has 3 rings (SSSR count). The molecule has 1 aromatic rings. The van der Waals surface area contributed by atoms with E-state index in [2.05, 4.69) is 20.0 Å². The number of anilines is 1.